The van der Waals surface area contributed by atoms with Crippen molar-refractivity contribution in [2.24, 2.45) is 5.73 Å². The van der Waals surface area contributed by atoms with Crippen LogP contribution in [0.4, 0.5) is 0 Å². The van der Waals surface area contributed by atoms with Gasteiger partial charge in [-0.3, -0.25) is 4.79 Å². The van der Waals surface area contributed by atoms with Crippen molar-refractivity contribution < 1.29 is 22.7 Å². The van der Waals surface area contributed by atoms with Gasteiger partial charge in [-0.2, -0.15) is 0 Å². The Bertz CT molecular complexity index is 1010. The first-order valence-corrected chi connectivity index (χ1v) is 10.9. The molecule has 0 fully saturated rings. The van der Waals surface area contributed by atoms with Crippen molar-refractivity contribution in [3.8, 4) is 11.5 Å². The number of nitrogens with two attached hydrogens (primary N) is 1. The first-order valence-electron chi connectivity index (χ1n) is 9.05. The average Bonchev–Trinajstić information content (AvgIpc) is 2.63. The van der Waals surface area contributed by atoms with E-state index in [1.807, 2.05) is 19.9 Å². The van der Waals surface area contributed by atoms with Gasteiger partial charge in [0.1, 0.15) is 17.1 Å². The number of hydrogen-bond donors (Lipinski definition) is 2. The molecule has 0 aliphatic carbocycles. The lowest BCUT2D eigenvalue weighted by atomic mass is 9.84. The van der Waals surface area contributed by atoms with Crippen molar-refractivity contribution in [1.29, 1.82) is 0 Å². The molecule has 0 saturated heterocycles. The van der Waals surface area contributed by atoms with Crippen molar-refractivity contribution in [1.82, 2.24) is 4.72 Å². The molecule has 3 rings (SSSR count). The van der Waals surface area contributed by atoms with Crippen LogP contribution in [-0.4, -0.2) is 33.1 Å². The molecule has 1 heterocycles. The number of ether oxygens (including phenoxy) is 2. The highest BCUT2D eigenvalue weighted by Gasteiger charge is 2.34. The summed E-state index contributed by atoms with van der Waals surface area (Å²) in [4.78, 5) is 11.1. The number of sulfonamides is 1. The summed E-state index contributed by atoms with van der Waals surface area (Å²) in [5.74, 6) is 0.388. The minimum Gasteiger partial charge on any atom is -0.487 e. The molecule has 0 saturated carbocycles. The van der Waals surface area contributed by atoms with Crippen molar-refractivity contribution >= 4 is 27.5 Å². The number of nitrogens with one attached hydrogen (secondary N) is 1. The molecule has 0 spiro atoms. The highest BCUT2D eigenvalue weighted by molar-refractivity contribution is 7.89. The molecule has 2 aromatic rings. The molecule has 2 aromatic carbocycles. The molecule has 156 valence electrons. The minimum absolute atomic E-state index is 0.0963. The van der Waals surface area contributed by atoms with Gasteiger partial charge >= 0.3 is 0 Å². The van der Waals surface area contributed by atoms with E-state index in [2.05, 4.69) is 4.72 Å². The van der Waals surface area contributed by atoms with Crippen LogP contribution < -0.4 is 19.9 Å². The predicted molar refractivity (Wildman–Crippen MR) is 110 cm³/mol. The van der Waals surface area contributed by atoms with E-state index < -0.39 is 21.5 Å². The lowest BCUT2D eigenvalue weighted by Crippen LogP contribution is -2.39. The molecule has 3 N–H and O–H groups in total. The molecule has 1 amide bonds. The fraction of sp³-hybridized carbons (Fsp3) is 0.350. The van der Waals surface area contributed by atoms with E-state index in [-0.39, 0.29) is 24.0 Å². The van der Waals surface area contributed by atoms with Gasteiger partial charge in [0.25, 0.3) is 5.91 Å². The molecule has 1 unspecified atom stereocenters. The lowest BCUT2D eigenvalue weighted by molar-refractivity contribution is -0.119. The topological polar surface area (TPSA) is 108 Å². The number of benzene rings is 2. The van der Waals surface area contributed by atoms with Crippen molar-refractivity contribution in [2.75, 3.05) is 13.2 Å². The van der Waals surface area contributed by atoms with Crippen LogP contribution in [0.5, 0.6) is 11.5 Å². The van der Waals surface area contributed by atoms with Gasteiger partial charge in [-0.25, -0.2) is 13.1 Å². The largest absolute Gasteiger partial charge is 0.487 e. The zero-order chi connectivity index (χ0) is 21.2. The number of rotatable bonds is 7. The second-order valence-electron chi connectivity index (χ2n) is 7.52. The normalized spacial score (nSPS) is 17.8. The van der Waals surface area contributed by atoms with E-state index >= 15 is 0 Å². The molecule has 9 heteroatoms. The number of fused-ring (bicyclic) bond motifs is 1. The van der Waals surface area contributed by atoms with Crippen LogP contribution in [0.1, 0.15) is 31.7 Å². The summed E-state index contributed by atoms with van der Waals surface area (Å²) in [6, 6.07) is 11.2. The number of halogens is 1. The van der Waals surface area contributed by atoms with Crippen LogP contribution >= 0.6 is 11.6 Å². The monoisotopic (exact) mass is 438 g/mol. The third-order valence-electron chi connectivity index (χ3n) is 4.57. The quantitative estimate of drug-likeness (QED) is 0.691. The number of primary amides is 1. The summed E-state index contributed by atoms with van der Waals surface area (Å²) in [5.41, 5.74) is 5.49. The van der Waals surface area contributed by atoms with Gasteiger partial charge in [-0.15, -0.1) is 0 Å². The molecule has 1 aliphatic rings. The zero-order valence-corrected chi connectivity index (χ0v) is 17.7. The fourth-order valence-corrected chi connectivity index (χ4v) is 4.52. The van der Waals surface area contributed by atoms with Crippen molar-refractivity contribution in [2.45, 2.75) is 36.7 Å². The van der Waals surface area contributed by atoms with E-state index in [9.17, 15) is 13.2 Å². The molecule has 29 heavy (non-hydrogen) atoms. The van der Waals surface area contributed by atoms with Gasteiger partial charge < -0.3 is 15.2 Å². The smallest absolute Gasteiger partial charge is 0.255 e. The predicted octanol–water partition coefficient (Wildman–Crippen LogP) is 2.83. The summed E-state index contributed by atoms with van der Waals surface area (Å²) >= 11 is 5.84. The molecule has 1 aliphatic heterocycles. The first kappa shape index (κ1) is 21.4. The Balaban J connectivity index is 1.79. The number of carbonyl (C=O) groups is 1. The molecule has 7 nitrogen and oxygen atoms in total. The molecule has 0 bridgehead atoms. The van der Waals surface area contributed by atoms with Crippen LogP contribution in [0.15, 0.2) is 47.4 Å². The van der Waals surface area contributed by atoms with Gasteiger partial charge in [-0.1, -0.05) is 17.7 Å². The molecule has 0 radical (unpaired) electrons. The Kier molecular flexibility index (Phi) is 6.07. The Morgan fingerprint density at radius 2 is 1.97 bits per heavy atom. The highest BCUT2D eigenvalue weighted by atomic mass is 35.5. The van der Waals surface area contributed by atoms with E-state index in [4.69, 9.17) is 26.8 Å². The maximum absolute atomic E-state index is 12.6. The van der Waals surface area contributed by atoms with Gasteiger partial charge in [0.05, 0.1) is 4.90 Å². The number of amides is 1. The standard InChI is InChI=1S/C20H23ClN2O5S/c1-20(2)10-13(11-23-29(25,26)16-6-3-14(21)4-7-16)17-8-5-15(9-18(17)28-20)27-12-19(22)24/h3-9,13,23H,10-12H2,1-2H3,(H2,22,24). The summed E-state index contributed by atoms with van der Waals surface area (Å²) in [6.45, 7) is 3.86. The van der Waals surface area contributed by atoms with Crippen LogP contribution in [0.25, 0.3) is 0 Å². The van der Waals surface area contributed by atoms with Gasteiger partial charge in [-0.05, 0) is 56.2 Å². The van der Waals surface area contributed by atoms with Gasteiger partial charge in [0.2, 0.25) is 10.0 Å². The van der Waals surface area contributed by atoms with E-state index in [1.165, 1.54) is 24.3 Å². The highest BCUT2D eigenvalue weighted by Crippen LogP contribution is 2.42. The van der Waals surface area contributed by atoms with Crippen LogP contribution in [-0.2, 0) is 14.8 Å². The Morgan fingerprint density at radius 3 is 2.62 bits per heavy atom. The van der Waals surface area contributed by atoms with Gasteiger partial charge in [0.15, 0.2) is 6.61 Å². The minimum atomic E-state index is -3.67. The number of carbonyl (C=O) groups excluding carboxylic acids is 1. The lowest BCUT2D eigenvalue weighted by Gasteiger charge is -2.37. The Hall–Kier alpha value is -2.29. The molecular weight excluding hydrogens is 416 g/mol. The fourth-order valence-electron chi connectivity index (χ4n) is 3.32. The second kappa shape index (κ2) is 8.22. The SMILES string of the molecule is CC1(C)CC(CNS(=O)(=O)c2ccc(Cl)cc2)c2ccc(OCC(N)=O)cc2O1. The zero-order valence-electron chi connectivity index (χ0n) is 16.1. The summed E-state index contributed by atoms with van der Waals surface area (Å²) in [6.07, 6.45) is 0.630. The second-order valence-corrected chi connectivity index (χ2v) is 9.73. The maximum atomic E-state index is 12.6. The Labute approximate surface area is 175 Å². The van der Waals surface area contributed by atoms with Crippen molar-refractivity contribution in [3.63, 3.8) is 0 Å². The third-order valence-corrected chi connectivity index (χ3v) is 6.27. The van der Waals surface area contributed by atoms with Gasteiger partial charge in [0, 0.05) is 23.6 Å². The van der Waals surface area contributed by atoms with Crippen LogP contribution in [0.2, 0.25) is 5.02 Å². The van der Waals surface area contributed by atoms with Crippen LogP contribution in [0, 0.1) is 0 Å². The molecule has 0 aromatic heterocycles. The number of hydrogen-bond acceptors (Lipinski definition) is 5. The average molecular weight is 439 g/mol. The summed E-state index contributed by atoms with van der Waals surface area (Å²) < 4.78 is 39.3. The maximum Gasteiger partial charge on any atom is 0.255 e. The van der Waals surface area contributed by atoms with E-state index in [0.29, 0.717) is 22.9 Å². The van der Waals surface area contributed by atoms with E-state index in [0.717, 1.165) is 5.56 Å². The first-order chi connectivity index (χ1) is 13.6. The van der Waals surface area contributed by atoms with E-state index in [1.54, 1.807) is 12.1 Å². The van der Waals surface area contributed by atoms with Crippen molar-refractivity contribution in [3.05, 3.63) is 53.1 Å². The third kappa shape index (κ3) is 5.41. The summed E-state index contributed by atoms with van der Waals surface area (Å²) in [7, 11) is -3.67. The Morgan fingerprint density at radius 1 is 1.28 bits per heavy atom. The summed E-state index contributed by atoms with van der Waals surface area (Å²) in [5, 5.41) is 0.471. The molecular formula is C20H23ClN2O5S. The van der Waals surface area contributed by atoms with Crippen LogP contribution in [0.3, 0.4) is 0 Å². The molecule has 1 atom stereocenters.